The van der Waals surface area contributed by atoms with Crippen LogP contribution in [0.15, 0.2) is 54.6 Å². The van der Waals surface area contributed by atoms with Crippen molar-refractivity contribution >= 4 is 11.7 Å². The highest BCUT2D eigenvalue weighted by atomic mass is 16.6. The Balaban J connectivity index is 2.55. The fraction of sp³-hybridized carbons (Fsp3) is 0.222. The minimum atomic E-state index is -1.26. The monoisotopic (exact) mass is 324 g/mol. The highest BCUT2D eigenvalue weighted by molar-refractivity contribution is 5.74. The van der Waals surface area contributed by atoms with Gasteiger partial charge in [-0.2, -0.15) is 5.26 Å². The second kappa shape index (κ2) is 7.38. The van der Waals surface area contributed by atoms with Crippen LogP contribution in [-0.4, -0.2) is 17.5 Å². The average molecular weight is 324 g/mol. The van der Waals surface area contributed by atoms with Gasteiger partial charge < -0.3 is 4.74 Å². The van der Waals surface area contributed by atoms with Crippen molar-refractivity contribution in [3.8, 4) is 6.07 Å². The highest BCUT2D eigenvalue weighted by Gasteiger charge is 2.38. The van der Waals surface area contributed by atoms with Gasteiger partial charge in [0.2, 0.25) is 0 Å². The lowest BCUT2D eigenvalue weighted by Crippen LogP contribution is -2.30. The van der Waals surface area contributed by atoms with E-state index in [1.54, 1.807) is 31.2 Å². The van der Waals surface area contributed by atoms with Crippen molar-refractivity contribution in [2.75, 3.05) is 6.61 Å². The van der Waals surface area contributed by atoms with Gasteiger partial charge in [-0.1, -0.05) is 42.5 Å². The standard InChI is InChI=1S/C18H16N2O4/c1-2-24-17(21)12-18(13-19,14-6-4-3-5-7-14)15-8-10-16(11-9-15)20(22)23/h3-11H,2,12H2,1H3. The van der Waals surface area contributed by atoms with E-state index in [9.17, 15) is 20.2 Å². The lowest BCUT2D eigenvalue weighted by atomic mass is 9.73. The van der Waals surface area contributed by atoms with E-state index in [2.05, 4.69) is 6.07 Å². The van der Waals surface area contributed by atoms with Gasteiger partial charge in [0, 0.05) is 12.1 Å². The Kier molecular flexibility index (Phi) is 5.27. The van der Waals surface area contributed by atoms with Gasteiger partial charge in [-0.3, -0.25) is 14.9 Å². The molecule has 24 heavy (non-hydrogen) atoms. The zero-order valence-electron chi connectivity index (χ0n) is 13.1. The first-order valence-electron chi connectivity index (χ1n) is 7.41. The summed E-state index contributed by atoms with van der Waals surface area (Å²) in [5.74, 6) is -0.499. The molecule has 0 aliphatic carbocycles. The number of nitro benzene ring substituents is 1. The van der Waals surface area contributed by atoms with E-state index < -0.39 is 16.3 Å². The third-order valence-electron chi connectivity index (χ3n) is 3.74. The van der Waals surface area contributed by atoms with Crippen LogP contribution < -0.4 is 0 Å². The Morgan fingerprint density at radius 2 is 1.75 bits per heavy atom. The molecule has 0 fully saturated rings. The summed E-state index contributed by atoms with van der Waals surface area (Å²) in [6, 6.07) is 16.8. The molecule has 2 rings (SSSR count). The maximum Gasteiger partial charge on any atom is 0.308 e. The summed E-state index contributed by atoms with van der Waals surface area (Å²) < 4.78 is 5.01. The SMILES string of the molecule is CCOC(=O)CC(C#N)(c1ccccc1)c1ccc([N+](=O)[O-])cc1. The number of nitriles is 1. The Bertz CT molecular complexity index is 766. The van der Waals surface area contributed by atoms with Crippen LogP contribution in [0.3, 0.4) is 0 Å². The van der Waals surface area contributed by atoms with Crippen molar-refractivity contribution in [1.82, 2.24) is 0 Å². The van der Waals surface area contributed by atoms with Crippen molar-refractivity contribution in [3.63, 3.8) is 0 Å². The van der Waals surface area contributed by atoms with Gasteiger partial charge in [-0.25, -0.2) is 0 Å². The number of nitro groups is 1. The Labute approximate surface area is 139 Å². The van der Waals surface area contributed by atoms with Crippen molar-refractivity contribution in [1.29, 1.82) is 5.26 Å². The molecule has 0 saturated carbocycles. The van der Waals surface area contributed by atoms with Crippen LogP contribution >= 0.6 is 0 Å². The number of non-ortho nitro benzene ring substituents is 1. The fourth-order valence-electron chi connectivity index (χ4n) is 2.56. The smallest absolute Gasteiger partial charge is 0.308 e. The van der Waals surface area contributed by atoms with E-state index in [0.717, 1.165) is 0 Å². The summed E-state index contributed by atoms with van der Waals surface area (Å²) in [6.45, 7) is 1.91. The summed E-state index contributed by atoms with van der Waals surface area (Å²) in [4.78, 5) is 22.4. The number of hydrogen-bond acceptors (Lipinski definition) is 5. The molecule has 0 aromatic heterocycles. The second-order valence-electron chi connectivity index (χ2n) is 5.17. The maximum absolute atomic E-state index is 12.1. The molecular formula is C18H16N2O4. The molecule has 0 heterocycles. The summed E-state index contributed by atoms with van der Waals surface area (Å²) in [5, 5.41) is 20.7. The molecule has 1 atom stereocenters. The number of rotatable bonds is 6. The summed E-state index contributed by atoms with van der Waals surface area (Å²) in [6.07, 6.45) is -0.167. The number of esters is 1. The number of carbonyl (C=O) groups is 1. The number of benzene rings is 2. The molecule has 0 saturated heterocycles. The second-order valence-corrected chi connectivity index (χ2v) is 5.17. The van der Waals surface area contributed by atoms with E-state index in [0.29, 0.717) is 11.1 Å². The topological polar surface area (TPSA) is 93.2 Å². The van der Waals surface area contributed by atoms with Gasteiger partial charge in [-0.05, 0) is 18.1 Å². The molecule has 0 spiro atoms. The maximum atomic E-state index is 12.1. The van der Waals surface area contributed by atoms with Crippen molar-refractivity contribution in [3.05, 3.63) is 75.8 Å². The Morgan fingerprint density at radius 1 is 1.17 bits per heavy atom. The van der Waals surface area contributed by atoms with Crippen LogP contribution in [0.4, 0.5) is 5.69 Å². The third-order valence-corrected chi connectivity index (χ3v) is 3.74. The van der Waals surface area contributed by atoms with E-state index >= 15 is 0 Å². The number of carbonyl (C=O) groups excluding carboxylic acids is 1. The minimum Gasteiger partial charge on any atom is -0.466 e. The van der Waals surface area contributed by atoms with Gasteiger partial charge in [0.25, 0.3) is 5.69 Å². The number of nitrogens with zero attached hydrogens (tertiary/aromatic N) is 2. The van der Waals surface area contributed by atoms with Gasteiger partial charge in [0.1, 0.15) is 5.41 Å². The van der Waals surface area contributed by atoms with Crippen LogP contribution in [0.1, 0.15) is 24.5 Å². The average Bonchev–Trinajstić information content (AvgIpc) is 2.61. The zero-order valence-corrected chi connectivity index (χ0v) is 13.1. The zero-order chi connectivity index (χ0) is 17.6. The van der Waals surface area contributed by atoms with Gasteiger partial charge >= 0.3 is 5.97 Å². The summed E-state index contributed by atoms with van der Waals surface area (Å²) >= 11 is 0. The van der Waals surface area contributed by atoms with Gasteiger partial charge in [-0.15, -0.1) is 0 Å². The van der Waals surface area contributed by atoms with Crippen LogP contribution in [0.2, 0.25) is 0 Å². The number of hydrogen-bond donors (Lipinski definition) is 0. The predicted octanol–water partition coefficient (Wildman–Crippen LogP) is 3.36. The molecule has 2 aromatic carbocycles. The normalized spacial score (nSPS) is 12.7. The van der Waals surface area contributed by atoms with Crippen LogP contribution in [0.5, 0.6) is 0 Å². The Morgan fingerprint density at radius 3 is 2.25 bits per heavy atom. The minimum absolute atomic E-state index is 0.0743. The van der Waals surface area contributed by atoms with Crippen LogP contribution in [0, 0.1) is 21.4 Å². The molecule has 2 aromatic rings. The molecule has 0 amide bonds. The molecule has 0 bridgehead atoms. The van der Waals surface area contributed by atoms with E-state index in [1.807, 2.05) is 6.07 Å². The third kappa shape index (κ3) is 3.41. The molecule has 6 nitrogen and oxygen atoms in total. The molecule has 0 aliphatic heterocycles. The molecule has 0 radical (unpaired) electrons. The van der Waals surface area contributed by atoms with Crippen molar-refractivity contribution in [2.45, 2.75) is 18.8 Å². The largest absolute Gasteiger partial charge is 0.466 e. The molecule has 6 heteroatoms. The van der Waals surface area contributed by atoms with E-state index in [4.69, 9.17) is 4.74 Å². The quantitative estimate of drug-likeness (QED) is 0.461. The van der Waals surface area contributed by atoms with E-state index in [1.165, 1.54) is 24.3 Å². The molecule has 0 N–H and O–H groups in total. The first kappa shape index (κ1) is 17.2. The van der Waals surface area contributed by atoms with Crippen molar-refractivity contribution < 1.29 is 14.5 Å². The Hall–Kier alpha value is -3.20. The molecule has 0 aliphatic rings. The molecule has 1 unspecified atom stereocenters. The molecule has 122 valence electrons. The summed E-state index contributed by atoms with van der Waals surface area (Å²) in [7, 11) is 0. The predicted molar refractivity (Wildman–Crippen MR) is 87.2 cm³/mol. The van der Waals surface area contributed by atoms with Gasteiger partial charge in [0.05, 0.1) is 24.0 Å². The van der Waals surface area contributed by atoms with E-state index in [-0.39, 0.29) is 18.7 Å². The summed E-state index contributed by atoms with van der Waals surface area (Å²) in [5.41, 5.74) is -0.193. The first-order valence-corrected chi connectivity index (χ1v) is 7.41. The first-order chi connectivity index (χ1) is 11.5. The highest BCUT2D eigenvalue weighted by Crippen LogP contribution is 2.36. The lowest BCUT2D eigenvalue weighted by molar-refractivity contribution is -0.384. The number of ether oxygens (including phenoxy) is 1. The lowest BCUT2D eigenvalue weighted by Gasteiger charge is -2.26. The fourth-order valence-corrected chi connectivity index (χ4v) is 2.56. The van der Waals surface area contributed by atoms with Gasteiger partial charge in [0.15, 0.2) is 0 Å². The van der Waals surface area contributed by atoms with Crippen molar-refractivity contribution in [2.24, 2.45) is 0 Å². The molecular weight excluding hydrogens is 308 g/mol. The van der Waals surface area contributed by atoms with Crippen LogP contribution in [0.25, 0.3) is 0 Å². The van der Waals surface area contributed by atoms with Crippen LogP contribution in [-0.2, 0) is 14.9 Å².